The van der Waals surface area contributed by atoms with E-state index in [1.165, 1.54) is 42.2 Å². The van der Waals surface area contributed by atoms with Crippen LogP contribution in [0.25, 0.3) is 5.69 Å². The molecule has 0 saturated heterocycles. The van der Waals surface area contributed by atoms with Crippen molar-refractivity contribution in [1.82, 2.24) is 25.2 Å². The van der Waals surface area contributed by atoms with Crippen molar-refractivity contribution in [2.75, 3.05) is 12.4 Å². The van der Waals surface area contributed by atoms with Gasteiger partial charge in [-0.15, -0.1) is 5.10 Å². The van der Waals surface area contributed by atoms with Gasteiger partial charge in [0.25, 0.3) is 0 Å². The van der Waals surface area contributed by atoms with Crippen LogP contribution in [0.2, 0.25) is 5.02 Å². The van der Waals surface area contributed by atoms with Crippen molar-refractivity contribution in [3.05, 3.63) is 87.6 Å². The summed E-state index contributed by atoms with van der Waals surface area (Å²) in [6.45, 7) is -0.284. The third kappa shape index (κ3) is 6.12. The van der Waals surface area contributed by atoms with E-state index in [2.05, 4.69) is 20.5 Å². The second kappa shape index (κ2) is 10.8. The number of para-hydroxylation sites is 1. The summed E-state index contributed by atoms with van der Waals surface area (Å²) in [7, 11) is -3.74. The number of pyridine rings is 1. The molecule has 0 saturated carbocycles. The number of nitro groups is 1. The van der Waals surface area contributed by atoms with Crippen LogP contribution in [0.5, 0.6) is 5.75 Å². The molecule has 0 fully saturated rings. The Labute approximate surface area is 209 Å². The summed E-state index contributed by atoms with van der Waals surface area (Å²) in [5, 5.41) is 24.0. The first-order valence-corrected chi connectivity index (χ1v) is 13.1. The third-order valence-corrected chi connectivity index (χ3v) is 7.46. The molecule has 0 atom stereocenters. The quantitative estimate of drug-likeness (QED) is 0.168. The lowest BCUT2D eigenvalue weighted by Gasteiger charge is -2.09. The molecule has 0 unspecified atom stereocenters. The molecule has 0 aliphatic heterocycles. The predicted octanol–water partition coefficient (Wildman–Crippen LogP) is 3.76. The maximum absolute atomic E-state index is 12.4. The summed E-state index contributed by atoms with van der Waals surface area (Å²) in [6.07, 6.45) is 1.23. The summed E-state index contributed by atoms with van der Waals surface area (Å²) in [5.74, 6) is -0.0686. The first-order chi connectivity index (χ1) is 16.8. The predicted molar refractivity (Wildman–Crippen MR) is 129 cm³/mol. The van der Waals surface area contributed by atoms with E-state index in [1.54, 1.807) is 10.7 Å². The van der Waals surface area contributed by atoms with Crippen LogP contribution < -0.4 is 4.74 Å². The number of tetrazole rings is 1. The van der Waals surface area contributed by atoms with Gasteiger partial charge in [0.05, 0.1) is 21.4 Å². The van der Waals surface area contributed by atoms with Crippen molar-refractivity contribution in [1.29, 1.82) is 0 Å². The van der Waals surface area contributed by atoms with Crippen molar-refractivity contribution < 1.29 is 18.1 Å². The minimum atomic E-state index is -3.74. The standard InChI is InChI=1S/C21H17ClN6O5S2/c22-16-7-9-20(23-13-16)35(31,32)11-10-33-19-8-6-15(12-18(19)28(29)30)14-34-21-24-25-26-27(21)17-4-2-1-3-5-17/h1-9,12-13H,10-11,14H2. The molecule has 180 valence electrons. The maximum atomic E-state index is 12.4. The summed E-state index contributed by atoms with van der Waals surface area (Å²) in [4.78, 5) is 14.8. The van der Waals surface area contributed by atoms with Crippen LogP contribution in [0.3, 0.4) is 0 Å². The number of hydrogen-bond acceptors (Lipinski definition) is 10. The molecule has 0 N–H and O–H groups in total. The number of hydrogen-bond donors (Lipinski definition) is 0. The van der Waals surface area contributed by atoms with E-state index in [0.717, 1.165) is 5.69 Å². The number of nitro benzene ring substituents is 1. The highest BCUT2D eigenvalue weighted by Crippen LogP contribution is 2.31. The number of thioether (sulfide) groups is 1. The van der Waals surface area contributed by atoms with Gasteiger partial charge in [0.1, 0.15) is 6.61 Å². The molecule has 0 aliphatic rings. The van der Waals surface area contributed by atoms with Gasteiger partial charge >= 0.3 is 5.69 Å². The summed E-state index contributed by atoms with van der Waals surface area (Å²) < 4.78 is 31.8. The number of aromatic nitrogens is 5. The van der Waals surface area contributed by atoms with Crippen molar-refractivity contribution in [2.24, 2.45) is 0 Å². The lowest BCUT2D eigenvalue weighted by atomic mass is 10.2. The molecule has 2 heterocycles. The summed E-state index contributed by atoms with van der Waals surface area (Å²) in [5.41, 5.74) is 1.17. The van der Waals surface area contributed by atoms with E-state index < -0.39 is 20.5 Å². The topological polar surface area (TPSA) is 143 Å². The van der Waals surface area contributed by atoms with Crippen LogP contribution in [0.15, 0.2) is 77.0 Å². The van der Waals surface area contributed by atoms with Gasteiger partial charge in [-0.1, -0.05) is 47.6 Å². The van der Waals surface area contributed by atoms with Crippen molar-refractivity contribution in [3.8, 4) is 11.4 Å². The van der Waals surface area contributed by atoms with Crippen LogP contribution in [0.1, 0.15) is 5.56 Å². The number of rotatable bonds is 10. The fourth-order valence-electron chi connectivity index (χ4n) is 2.98. The van der Waals surface area contributed by atoms with Gasteiger partial charge in [0, 0.05) is 18.0 Å². The first-order valence-electron chi connectivity index (χ1n) is 10.0. The molecule has 2 aromatic heterocycles. The van der Waals surface area contributed by atoms with Crippen LogP contribution in [-0.2, 0) is 15.6 Å². The van der Waals surface area contributed by atoms with Crippen LogP contribution in [-0.4, -0.2) is 50.9 Å². The number of sulfone groups is 1. The SMILES string of the molecule is O=[N+]([O-])c1cc(CSc2nnnn2-c2ccccc2)ccc1OCCS(=O)(=O)c1ccc(Cl)cn1. The molecule has 0 bridgehead atoms. The monoisotopic (exact) mass is 532 g/mol. The molecule has 0 spiro atoms. The second-order valence-electron chi connectivity index (χ2n) is 7.04. The molecule has 2 aromatic carbocycles. The Morgan fingerprint density at radius 3 is 2.63 bits per heavy atom. The Bertz CT molecular complexity index is 1430. The van der Waals surface area contributed by atoms with Crippen molar-refractivity contribution in [3.63, 3.8) is 0 Å². The van der Waals surface area contributed by atoms with Gasteiger partial charge in [0.2, 0.25) is 5.16 Å². The molecule has 11 nitrogen and oxygen atoms in total. The lowest BCUT2D eigenvalue weighted by Crippen LogP contribution is -2.15. The second-order valence-corrected chi connectivity index (χ2v) is 10.5. The molecule has 35 heavy (non-hydrogen) atoms. The van der Waals surface area contributed by atoms with E-state index in [0.29, 0.717) is 21.5 Å². The number of nitrogens with zero attached hydrogens (tertiary/aromatic N) is 6. The Balaban J connectivity index is 1.42. The summed E-state index contributed by atoms with van der Waals surface area (Å²) in [6, 6.07) is 16.5. The third-order valence-electron chi connectivity index (χ3n) is 4.66. The average Bonchev–Trinajstić information content (AvgIpc) is 3.32. The fraction of sp³-hybridized carbons (Fsp3) is 0.143. The largest absolute Gasteiger partial charge is 0.486 e. The zero-order valence-corrected chi connectivity index (χ0v) is 20.3. The van der Waals surface area contributed by atoms with E-state index in [4.69, 9.17) is 16.3 Å². The Kier molecular flexibility index (Phi) is 7.58. The maximum Gasteiger partial charge on any atom is 0.311 e. The molecule has 0 amide bonds. The van der Waals surface area contributed by atoms with Gasteiger partial charge in [-0.25, -0.2) is 13.4 Å². The van der Waals surface area contributed by atoms with Gasteiger partial charge in [-0.05, 0) is 46.3 Å². The smallest absolute Gasteiger partial charge is 0.311 e. The molecule has 4 rings (SSSR count). The van der Waals surface area contributed by atoms with E-state index in [-0.39, 0.29) is 23.1 Å². The van der Waals surface area contributed by atoms with E-state index in [1.807, 2.05) is 30.3 Å². The Morgan fingerprint density at radius 1 is 1.11 bits per heavy atom. The minimum absolute atomic E-state index is 0.0304. The average molecular weight is 533 g/mol. The van der Waals surface area contributed by atoms with Crippen molar-refractivity contribution in [2.45, 2.75) is 15.9 Å². The van der Waals surface area contributed by atoms with E-state index in [9.17, 15) is 18.5 Å². The number of benzene rings is 2. The van der Waals surface area contributed by atoms with Crippen LogP contribution in [0.4, 0.5) is 5.69 Å². The summed E-state index contributed by atoms with van der Waals surface area (Å²) >= 11 is 7.05. The highest BCUT2D eigenvalue weighted by Gasteiger charge is 2.20. The Hall–Kier alpha value is -3.55. The van der Waals surface area contributed by atoms with Crippen LogP contribution >= 0.6 is 23.4 Å². The normalized spacial score (nSPS) is 11.3. The number of halogens is 1. The number of ether oxygens (including phenoxy) is 1. The van der Waals surface area contributed by atoms with Crippen LogP contribution in [0, 0.1) is 10.1 Å². The van der Waals surface area contributed by atoms with Gasteiger partial charge in [-0.3, -0.25) is 10.1 Å². The van der Waals surface area contributed by atoms with E-state index >= 15 is 0 Å². The molecule has 4 aromatic rings. The zero-order chi connectivity index (χ0) is 24.8. The lowest BCUT2D eigenvalue weighted by molar-refractivity contribution is -0.385. The fourth-order valence-corrected chi connectivity index (χ4v) is 4.92. The van der Waals surface area contributed by atoms with Crippen molar-refractivity contribution >= 4 is 38.9 Å². The minimum Gasteiger partial charge on any atom is -0.486 e. The van der Waals surface area contributed by atoms with Gasteiger partial charge in [-0.2, -0.15) is 4.68 Å². The molecular weight excluding hydrogens is 516 g/mol. The zero-order valence-electron chi connectivity index (χ0n) is 17.9. The molecule has 14 heteroatoms. The highest BCUT2D eigenvalue weighted by molar-refractivity contribution is 7.98. The molecular formula is C21H17ClN6O5S2. The molecule has 0 radical (unpaired) electrons. The Morgan fingerprint density at radius 2 is 1.91 bits per heavy atom. The van der Waals surface area contributed by atoms with Gasteiger partial charge < -0.3 is 4.74 Å². The van der Waals surface area contributed by atoms with Gasteiger partial charge in [0.15, 0.2) is 20.6 Å². The highest BCUT2D eigenvalue weighted by atomic mass is 35.5. The first kappa shape index (κ1) is 24.6. The molecule has 0 aliphatic carbocycles.